The highest BCUT2D eigenvalue weighted by atomic mass is 35.5. The first kappa shape index (κ1) is 14.3. The van der Waals surface area contributed by atoms with Gasteiger partial charge in [0, 0.05) is 10.6 Å². The zero-order chi connectivity index (χ0) is 14.8. The van der Waals surface area contributed by atoms with E-state index in [9.17, 15) is 13.2 Å². The first-order chi connectivity index (χ1) is 9.41. The van der Waals surface area contributed by atoms with Gasteiger partial charge in [0.2, 0.25) is 0 Å². The van der Waals surface area contributed by atoms with Crippen molar-refractivity contribution in [2.45, 2.75) is 12.7 Å². The van der Waals surface area contributed by atoms with Crippen molar-refractivity contribution < 1.29 is 18.4 Å². The Kier molecular flexibility index (Phi) is 3.93. The van der Waals surface area contributed by atoms with Crippen molar-refractivity contribution in [2.75, 3.05) is 0 Å². The molecule has 20 heavy (non-hydrogen) atoms. The normalized spacial score (nSPS) is 12.7. The molecule has 1 heterocycles. The minimum absolute atomic E-state index is 0.0564. The van der Waals surface area contributed by atoms with Gasteiger partial charge in [-0.3, -0.25) is 0 Å². The Balaban J connectivity index is 2.45. The quantitative estimate of drug-likeness (QED) is 0.539. The van der Waals surface area contributed by atoms with E-state index in [0.29, 0.717) is 0 Å². The summed E-state index contributed by atoms with van der Waals surface area (Å²) in [4.78, 5) is 3.66. The first-order valence-corrected chi connectivity index (χ1v) is 5.70. The Bertz CT molecular complexity index is 625. The molecule has 0 radical (unpaired) electrons. The molecule has 0 amide bonds. The molecule has 0 unspecified atom stereocenters. The van der Waals surface area contributed by atoms with Gasteiger partial charge in [0.1, 0.15) is 18.4 Å². The van der Waals surface area contributed by atoms with Crippen molar-refractivity contribution in [1.29, 1.82) is 0 Å². The van der Waals surface area contributed by atoms with E-state index in [1.54, 1.807) is 0 Å². The van der Waals surface area contributed by atoms with Gasteiger partial charge in [-0.05, 0) is 12.1 Å². The lowest BCUT2D eigenvalue weighted by atomic mass is 10.0. The second kappa shape index (κ2) is 5.49. The van der Waals surface area contributed by atoms with Crippen LogP contribution in [0.5, 0.6) is 0 Å². The van der Waals surface area contributed by atoms with Gasteiger partial charge in [0.25, 0.3) is 0 Å². The number of nitrogens with zero attached hydrogens (tertiary/aromatic N) is 4. The molecule has 1 aromatic carbocycles. The van der Waals surface area contributed by atoms with Crippen LogP contribution in [0.2, 0.25) is 5.02 Å². The lowest BCUT2D eigenvalue weighted by molar-refractivity contribution is -0.137. The molecular formula is C11H8ClF3N4O. The maximum absolute atomic E-state index is 13.0. The third-order valence-corrected chi connectivity index (χ3v) is 2.73. The fourth-order valence-corrected chi connectivity index (χ4v) is 1.81. The molecule has 2 rings (SSSR count). The number of rotatable bonds is 3. The van der Waals surface area contributed by atoms with Crippen molar-refractivity contribution in [1.82, 2.24) is 14.8 Å². The molecular weight excluding hydrogens is 297 g/mol. The number of alkyl halides is 3. The third-order valence-electron chi connectivity index (χ3n) is 2.50. The summed E-state index contributed by atoms with van der Waals surface area (Å²) < 4.78 is 40.2. The average molecular weight is 305 g/mol. The van der Waals surface area contributed by atoms with Crippen molar-refractivity contribution >= 4 is 17.3 Å². The summed E-state index contributed by atoms with van der Waals surface area (Å²) in [5, 5.41) is 15.6. The SMILES string of the molecule is ON=C(Cn1cncn1)c1ccc(Cl)cc1C(F)(F)F. The molecule has 0 saturated carbocycles. The van der Waals surface area contributed by atoms with Gasteiger partial charge in [0.15, 0.2) is 0 Å². The summed E-state index contributed by atoms with van der Waals surface area (Å²) >= 11 is 5.58. The lowest BCUT2D eigenvalue weighted by Crippen LogP contribution is -2.18. The van der Waals surface area contributed by atoms with Crippen LogP contribution in [0, 0.1) is 0 Å². The Hall–Kier alpha value is -2.09. The molecule has 0 aliphatic rings. The Morgan fingerprint density at radius 3 is 2.70 bits per heavy atom. The van der Waals surface area contributed by atoms with Crippen LogP contribution in [0.4, 0.5) is 13.2 Å². The fourth-order valence-electron chi connectivity index (χ4n) is 1.64. The van der Waals surface area contributed by atoms with Crippen molar-refractivity contribution in [3.8, 4) is 0 Å². The molecule has 106 valence electrons. The van der Waals surface area contributed by atoms with Crippen molar-refractivity contribution in [2.24, 2.45) is 5.16 Å². The summed E-state index contributed by atoms with van der Waals surface area (Å²) in [5.41, 5.74) is -1.43. The zero-order valence-corrected chi connectivity index (χ0v) is 10.6. The van der Waals surface area contributed by atoms with Gasteiger partial charge in [-0.25, -0.2) is 9.67 Å². The molecule has 2 aromatic rings. The van der Waals surface area contributed by atoms with E-state index >= 15 is 0 Å². The standard InChI is InChI=1S/C11H8ClF3N4O/c12-7-1-2-8(9(3-7)11(13,14)15)10(18-20)4-19-6-16-5-17-19/h1-3,5-6,20H,4H2. The molecule has 0 aliphatic heterocycles. The number of oxime groups is 1. The largest absolute Gasteiger partial charge is 0.417 e. The molecule has 0 saturated heterocycles. The maximum atomic E-state index is 13.0. The minimum Gasteiger partial charge on any atom is -0.411 e. The number of hydrogen-bond donors (Lipinski definition) is 1. The molecule has 5 nitrogen and oxygen atoms in total. The highest BCUT2D eigenvalue weighted by Crippen LogP contribution is 2.34. The average Bonchev–Trinajstić information content (AvgIpc) is 2.88. The number of benzene rings is 1. The van der Waals surface area contributed by atoms with Crippen molar-refractivity contribution in [3.05, 3.63) is 47.0 Å². The molecule has 0 bridgehead atoms. The predicted octanol–water partition coefficient (Wildman–Crippen LogP) is 2.83. The lowest BCUT2D eigenvalue weighted by Gasteiger charge is -2.14. The van der Waals surface area contributed by atoms with Crippen LogP contribution in [0.1, 0.15) is 11.1 Å². The summed E-state index contributed by atoms with van der Waals surface area (Å²) in [5.74, 6) is 0. The molecule has 0 spiro atoms. The van der Waals surface area contributed by atoms with Gasteiger partial charge in [-0.15, -0.1) is 0 Å². The Morgan fingerprint density at radius 1 is 1.40 bits per heavy atom. The highest BCUT2D eigenvalue weighted by molar-refractivity contribution is 6.30. The van der Waals surface area contributed by atoms with Crippen LogP contribution in [0.15, 0.2) is 36.0 Å². The smallest absolute Gasteiger partial charge is 0.411 e. The second-order valence-corrected chi connectivity index (χ2v) is 4.26. The van der Waals surface area contributed by atoms with Gasteiger partial charge >= 0.3 is 6.18 Å². The summed E-state index contributed by atoms with van der Waals surface area (Å²) in [6.45, 7) is -0.152. The maximum Gasteiger partial charge on any atom is 0.417 e. The molecule has 0 aliphatic carbocycles. The van der Waals surface area contributed by atoms with Gasteiger partial charge in [-0.2, -0.15) is 18.3 Å². The van der Waals surface area contributed by atoms with E-state index < -0.39 is 11.7 Å². The van der Waals surface area contributed by atoms with Crippen LogP contribution < -0.4 is 0 Å². The summed E-state index contributed by atoms with van der Waals surface area (Å²) in [6, 6.07) is 3.22. The predicted molar refractivity (Wildman–Crippen MR) is 64.8 cm³/mol. The molecule has 0 atom stereocenters. The summed E-state index contributed by atoms with van der Waals surface area (Å²) in [6.07, 6.45) is -2.09. The van der Waals surface area contributed by atoms with E-state index in [-0.39, 0.29) is 22.8 Å². The Labute approximate surface area is 116 Å². The first-order valence-electron chi connectivity index (χ1n) is 5.32. The van der Waals surface area contributed by atoms with E-state index in [4.69, 9.17) is 16.8 Å². The monoisotopic (exact) mass is 304 g/mol. The van der Waals surface area contributed by atoms with Crippen LogP contribution in [-0.2, 0) is 12.7 Å². The van der Waals surface area contributed by atoms with Crippen LogP contribution in [0.25, 0.3) is 0 Å². The highest BCUT2D eigenvalue weighted by Gasteiger charge is 2.35. The zero-order valence-electron chi connectivity index (χ0n) is 9.84. The number of aromatic nitrogens is 3. The van der Waals surface area contributed by atoms with Crippen LogP contribution in [0.3, 0.4) is 0 Å². The molecule has 1 aromatic heterocycles. The Morgan fingerprint density at radius 2 is 2.15 bits per heavy atom. The van der Waals surface area contributed by atoms with E-state index in [1.807, 2.05) is 0 Å². The second-order valence-electron chi connectivity index (χ2n) is 3.83. The van der Waals surface area contributed by atoms with Gasteiger partial charge in [-0.1, -0.05) is 22.8 Å². The topological polar surface area (TPSA) is 63.3 Å². The summed E-state index contributed by atoms with van der Waals surface area (Å²) in [7, 11) is 0. The van der Waals surface area contributed by atoms with Gasteiger partial charge in [0.05, 0.1) is 12.1 Å². The van der Waals surface area contributed by atoms with E-state index in [1.165, 1.54) is 23.4 Å². The molecule has 0 fully saturated rings. The van der Waals surface area contributed by atoms with Gasteiger partial charge < -0.3 is 5.21 Å². The minimum atomic E-state index is -4.61. The van der Waals surface area contributed by atoms with Crippen molar-refractivity contribution in [3.63, 3.8) is 0 Å². The number of halogens is 4. The third kappa shape index (κ3) is 3.08. The van der Waals surface area contributed by atoms with E-state index in [0.717, 1.165) is 12.1 Å². The number of hydrogen-bond acceptors (Lipinski definition) is 4. The molecule has 1 N–H and O–H groups in total. The fraction of sp³-hybridized carbons (Fsp3) is 0.182. The van der Waals surface area contributed by atoms with Crippen LogP contribution in [-0.4, -0.2) is 25.7 Å². The molecule has 9 heteroatoms. The van der Waals surface area contributed by atoms with Crippen LogP contribution >= 0.6 is 11.6 Å². The van der Waals surface area contributed by atoms with E-state index in [2.05, 4.69) is 15.2 Å².